The van der Waals surface area contributed by atoms with E-state index < -0.39 is 6.10 Å². The Hall–Kier alpha value is -1.35. The Kier molecular flexibility index (Phi) is 1.59. The lowest BCUT2D eigenvalue weighted by Gasteiger charge is -2.02. The molecular formula is C9H10N2O. The number of nitrogens with one attached hydrogen (secondary N) is 1. The molecule has 1 aromatic heterocycles. The molecule has 0 aliphatic heterocycles. The van der Waals surface area contributed by atoms with Crippen LogP contribution < -0.4 is 0 Å². The maximum Gasteiger partial charge on any atom is 0.0762 e. The van der Waals surface area contributed by atoms with Crippen LogP contribution in [-0.4, -0.2) is 15.3 Å². The van der Waals surface area contributed by atoms with Gasteiger partial charge in [-0.25, -0.2) is 0 Å². The third kappa shape index (κ3) is 1.08. The zero-order chi connectivity index (χ0) is 8.55. The molecule has 0 saturated carbocycles. The van der Waals surface area contributed by atoms with Crippen LogP contribution in [0.3, 0.4) is 0 Å². The Morgan fingerprint density at radius 3 is 3.08 bits per heavy atom. The minimum absolute atomic E-state index is 0.413. The number of aliphatic hydroxyl groups is 1. The number of H-pyrrole nitrogens is 1. The molecule has 1 aromatic carbocycles. The topological polar surface area (TPSA) is 48.9 Å². The first-order valence-corrected chi connectivity index (χ1v) is 3.88. The van der Waals surface area contributed by atoms with E-state index >= 15 is 0 Å². The molecule has 0 fully saturated rings. The minimum Gasteiger partial charge on any atom is -0.389 e. The molecule has 0 spiro atoms. The Bertz CT molecular complexity index is 392. The number of aromatic nitrogens is 2. The zero-order valence-corrected chi connectivity index (χ0v) is 6.78. The minimum atomic E-state index is -0.413. The van der Waals surface area contributed by atoms with Crippen LogP contribution in [0.1, 0.15) is 18.6 Å². The summed E-state index contributed by atoms with van der Waals surface area (Å²) in [6, 6.07) is 5.75. The third-order valence-electron chi connectivity index (χ3n) is 1.95. The number of hydrogen-bond donors (Lipinski definition) is 2. The second kappa shape index (κ2) is 2.60. The standard InChI is InChI=1S/C9H10N2O/c1-6(12)7-2-3-9-8(4-7)5-10-11-9/h2-6,12H,1H3,(H,10,11). The molecule has 2 N–H and O–H groups in total. The number of rotatable bonds is 1. The highest BCUT2D eigenvalue weighted by Crippen LogP contribution is 2.17. The van der Waals surface area contributed by atoms with Crippen LogP contribution in [-0.2, 0) is 0 Å². The maximum atomic E-state index is 9.29. The van der Waals surface area contributed by atoms with Gasteiger partial charge in [-0.15, -0.1) is 0 Å². The molecule has 0 aliphatic carbocycles. The largest absolute Gasteiger partial charge is 0.389 e. The molecule has 2 rings (SSSR count). The summed E-state index contributed by atoms with van der Waals surface area (Å²) in [7, 11) is 0. The van der Waals surface area contributed by atoms with Crippen LogP contribution in [0, 0.1) is 0 Å². The summed E-state index contributed by atoms with van der Waals surface area (Å²) in [4.78, 5) is 0. The van der Waals surface area contributed by atoms with Crippen molar-refractivity contribution in [3.8, 4) is 0 Å². The summed E-state index contributed by atoms with van der Waals surface area (Å²) in [5, 5.41) is 17.1. The Labute approximate surface area is 70.0 Å². The molecule has 0 bridgehead atoms. The molecule has 0 radical (unpaired) electrons. The van der Waals surface area contributed by atoms with E-state index in [2.05, 4.69) is 10.2 Å². The van der Waals surface area contributed by atoms with Crippen molar-refractivity contribution in [1.82, 2.24) is 10.2 Å². The second-order valence-corrected chi connectivity index (χ2v) is 2.89. The normalized spacial score (nSPS) is 13.5. The van der Waals surface area contributed by atoms with Crippen molar-refractivity contribution in [3.63, 3.8) is 0 Å². The summed E-state index contributed by atoms with van der Waals surface area (Å²) < 4.78 is 0. The van der Waals surface area contributed by atoms with Gasteiger partial charge in [0, 0.05) is 5.39 Å². The highest BCUT2D eigenvalue weighted by Gasteiger charge is 2.01. The zero-order valence-electron chi connectivity index (χ0n) is 6.78. The van der Waals surface area contributed by atoms with E-state index in [-0.39, 0.29) is 0 Å². The van der Waals surface area contributed by atoms with E-state index in [0.29, 0.717) is 0 Å². The van der Waals surface area contributed by atoms with Gasteiger partial charge in [-0.05, 0) is 24.6 Å². The molecule has 1 atom stereocenters. The van der Waals surface area contributed by atoms with Gasteiger partial charge in [-0.2, -0.15) is 5.10 Å². The number of fused-ring (bicyclic) bond motifs is 1. The van der Waals surface area contributed by atoms with Gasteiger partial charge in [-0.3, -0.25) is 5.10 Å². The summed E-state index contributed by atoms with van der Waals surface area (Å²) in [5.41, 5.74) is 1.92. The van der Waals surface area contributed by atoms with Crippen LogP contribution in [0.4, 0.5) is 0 Å². The van der Waals surface area contributed by atoms with E-state index in [0.717, 1.165) is 16.5 Å². The van der Waals surface area contributed by atoms with Crippen molar-refractivity contribution in [2.45, 2.75) is 13.0 Å². The first-order valence-electron chi connectivity index (χ1n) is 3.88. The second-order valence-electron chi connectivity index (χ2n) is 2.89. The van der Waals surface area contributed by atoms with Gasteiger partial charge in [0.15, 0.2) is 0 Å². The Morgan fingerprint density at radius 1 is 1.50 bits per heavy atom. The lowest BCUT2D eigenvalue weighted by molar-refractivity contribution is 0.199. The van der Waals surface area contributed by atoms with Gasteiger partial charge in [0.1, 0.15) is 0 Å². The predicted octanol–water partition coefficient (Wildman–Crippen LogP) is 1.62. The number of aromatic amines is 1. The van der Waals surface area contributed by atoms with E-state index in [9.17, 15) is 5.11 Å². The molecule has 62 valence electrons. The lowest BCUT2D eigenvalue weighted by atomic mass is 10.1. The summed E-state index contributed by atoms with van der Waals surface area (Å²) in [6.45, 7) is 1.75. The number of aliphatic hydroxyl groups excluding tert-OH is 1. The molecule has 3 nitrogen and oxygen atoms in total. The molecule has 1 unspecified atom stereocenters. The number of benzene rings is 1. The summed E-state index contributed by atoms with van der Waals surface area (Å²) in [6.07, 6.45) is 1.34. The average Bonchev–Trinajstić information content (AvgIpc) is 2.49. The van der Waals surface area contributed by atoms with E-state index in [4.69, 9.17) is 0 Å². The molecular weight excluding hydrogens is 152 g/mol. The molecule has 12 heavy (non-hydrogen) atoms. The van der Waals surface area contributed by atoms with Gasteiger partial charge >= 0.3 is 0 Å². The Morgan fingerprint density at radius 2 is 2.33 bits per heavy atom. The molecule has 3 heteroatoms. The molecule has 1 heterocycles. The average molecular weight is 162 g/mol. The van der Waals surface area contributed by atoms with Gasteiger partial charge in [0.2, 0.25) is 0 Å². The van der Waals surface area contributed by atoms with Crippen molar-refractivity contribution in [1.29, 1.82) is 0 Å². The number of hydrogen-bond acceptors (Lipinski definition) is 2. The van der Waals surface area contributed by atoms with Gasteiger partial charge in [-0.1, -0.05) is 6.07 Å². The molecule has 2 aromatic rings. The molecule has 0 saturated heterocycles. The first kappa shape index (κ1) is 7.31. The van der Waals surface area contributed by atoms with Gasteiger partial charge in [0.05, 0.1) is 17.8 Å². The molecule has 0 aliphatic rings. The first-order chi connectivity index (χ1) is 5.77. The highest BCUT2D eigenvalue weighted by molar-refractivity contribution is 5.78. The van der Waals surface area contributed by atoms with Crippen molar-refractivity contribution in [2.75, 3.05) is 0 Å². The fourth-order valence-electron chi connectivity index (χ4n) is 1.22. The highest BCUT2D eigenvalue weighted by atomic mass is 16.3. The Balaban J connectivity index is 2.60. The van der Waals surface area contributed by atoms with Crippen molar-refractivity contribution in [2.24, 2.45) is 0 Å². The van der Waals surface area contributed by atoms with Gasteiger partial charge < -0.3 is 5.11 Å². The van der Waals surface area contributed by atoms with Crippen molar-refractivity contribution < 1.29 is 5.11 Å². The lowest BCUT2D eigenvalue weighted by Crippen LogP contribution is -1.89. The summed E-state index contributed by atoms with van der Waals surface area (Å²) in [5.74, 6) is 0. The van der Waals surface area contributed by atoms with Crippen LogP contribution in [0.15, 0.2) is 24.4 Å². The third-order valence-corrected chi connectivity index (χ3v) is 1.95. The number of nitrogens with zero attached hydrogens (tertiary/aromatic N) is 1. The maximum absolute atomic E-state index is 9.29. The van der Waals surface area contributed by atoms with Crippen LogP contribution in [0.5, 0.6) is 0 Å². The molecule has 0 amide bonds. The van der Waals surface area contributed by atoms with E-state index in [1.807, 2.05) is 18.2 Å². The van der Waals surface area contributed by atoms with Crippen LogP contribution in [0.25, 0.3) is 10.9 Å². The quantitative estimate of drug-likeness (QED) is 0.669. The van der Waals surface area contributed by atoms with Crippen molar-refractivity contribution in [3.05, 3.63) is 30.0 Å². The smallest absolute Gasteiger partial charge is 0.0762 e. The predicted molar refractivity (Wildman–Crippen MR) is 46.7 cm³/mol. The van der Waals surface area contributed by atoms with Crippen LogP contribution >= 0.6 is 0 Å². The SMILES string of the molecule is CC(O)c1ccc2[nH]ncc2c1. The fourth-order valence-corrected chi connectivity index (χ4v) is 1.22. The summed E-state index contributed by atoms with van der Waals surface area (Å²) >= 11 is 0. The van der Waals surface area contributed by atoms with E-state index in [1.54, 1.807) is 13.1 Å². The fraction of sp³-hybridized carbons (Fsp3) is 0.222. The van der Waals surface area contributed by atoms with Gasteiger partial charge in [0.25, 0.3) is 0 Å². The van der Waals surface area contributed by atoms with E-state index in [1.165, 1.54) is 0 Å². The van der Waals surface area contributed by atoms with Crippen molar-refractivity contribution >= 4 is 10.9 Å². The monoisotopic (exact) mass is 162 g/mol. The van der Waals surface area contributed by atoms with Crippen LogP contribution in [0.2, 0.25) is 0 Å².